The van der Waals surface area contributed by atoms with Gasteiger partial charge in [-0.15, -0.1) is 0 Å². The van der Waals surface area contributed by atoms with Crippen molar-refractivity contribution >= 4 is 44.8 Å². The summed E-state index contributed by atoms with van der Waals surface area (Å²) in [7, 11) is -3.69. The molecule has 0 radical (unpaired) electrons. The van der Waals surface area contributed by atoms with Crippen molar-refractivity contribution in [3.05, 3.63) is 64.1 Å². The Bertz CT molecular complexity index is 888. The molecule has 0 heterocycles. The fourth-order valence-electron chi connectivity index (χ4n) is 2.62. The van der Waals surface area contributed by atoms with Gasteiger partial charge in [-0.05, 0) is 36.2 Å². The van der Waals surface area contributed by atoms with E-state index in [0.29, 0.717) is 22.2 Å². The van der Waals surface area contributed by atoms with Gasteiger partial charge in [0.15, 0.2) is 0 Å². The summed E-state index contributed by atoms with van der Waals surface area (Å²) in [6, 6.07) is 12.7. The zero-order valence-electron chi connectivity index (χ0n) is 14.4. The molecule has 0 spiro atoms. The number of rotatable bonds is 7. The molecule has 0 aliphatic heterocycles. The molecule has 5 nitrogen and oxygen atoms in total. The van der Waals surface area contributed by atoms with E-state index in [1.807, 2.05) is 6.07 Å². The Morgan fingerprint density at radius 3 is 2.42 bits per heavy atom. The van der Waals surface area contributed by atoms with Gasteiger partial charge >= 0.3 is 0 Å². The maximum Gasteiger partial charge on any atom is 0.244 e. The Labute approximate surface area is 164 Å². The molecule has 0 saturated carbocycles. The first-order chi connectivity index (χ1) is 12.2. The third kappa shape index (κ3) is 5.13. The topological polar surface area (TPSA) is 66.5 Å². The minimum atomic E-state index is -3.69. The van der Waals surface area contributed by atoms with Gasteiger partial charge in [0, 0.05) is 16.6 Å². The first-order valence-electron chi connectivity index (χ1n) is 8.00. The van der Waals surface area contributed by atoms with Crippen LogP contribution in [0.3, 0.4) is 0 Å². The molecule has 2 aromatic carbocycles. The summed E-state index contributed by atoms with van der Waals surface area (Å²) in [6.45, 7) is 1.96. The van der Waals surface area contributed by atoms with Crippen LogP contribution in [-0.2, 0) is 21.4 Å². The van der Waals surface area contributed by atoms with Crippen molar-refractivity contribution in [2.24, 2.45) is 0 Å². The van der Waals surface area contributed by atoms with E-state index < -0.39 is 22.0 Å². The second-order valence-electron chi connectivity index (χ2n) is 5.77. The molecule has 1 N–H and O–H groups in total. The lowest BCUT2D eigenvalue weighted by Gasteiger charge is -2.30. The zero-order chi connectivity index (χ0) is 19.3. The van der Waals surface area contributed by atoms with Crippen molar-refractivity contribution in [2.45, 2.75) is 25.9 Å². The highest BCUT2D eigenvalue weighted by atomic mass is 35.5. The van der Waals surface area contributed by atoms with Crippen LogP contribution in [0, 0.1) is 0 Å². The fraction of sp³-hybridized carbons (Fsp3) is 0.278. The number of nitrogens with one attached hydrogen (secondary N) is 1. The molecule has 0 bridgehead atoms. The number of sulfonamides is 1. The van der Waals surface area contributed by atoms with E-state index in [9.17, 15) is 13.2 Å². The SMILES string of the molecule is CC[C@H](C(=O)NCc1ccccc1Cl)N(c1cccc(Cl)c1)S(C)(=O)=O. The molecule has 1 atom stereocenters. The van der Waals surface area contributed by atoms with Gasteiger partial charge in [0.25, 0.3) is 0 Å². The Hall–Kier alpha value is -1.76. The summed E-state index contributed by atoms with van der Waals surface area (Å²) in [5.74, 6) is -0.405. The van der Waals surface area contributed by atoms with Crippen molar-refractivity contribution < 1.29 is 13.2 Å². The van der Waals surface area contributed by atoms with E-state index in [1.54, 1.807) is 43.3 Å². The summed E-state index contributed by atoms with van der Waals surface area (Å²) < 4.78 is 25.8. The maximum absolute atomic E-state index is 12.7. The van der Waals surface area contributed by atoms with Gasteiger partial charge in [0.2, 0.25) is 15.9 Å². The van der Waals surface area contributed by atoms with Gasteiger partial charge in [-0.2, -0.15) is 0 Å². The van der Waals surface area contributed by atoms with Crippen LogP contribution < -0.4 is 9.62 Å². The maximum atomic E-state index is 12.7. The lowest BCUT2D eigenvalue weighted by Crippen LogP contribution is -2.49. The molecule has 140 valence electrons. The molecule has 2 aromatic rings. The Morgan fingerprint density at radius 1 is 1.15 bits per heavy atom. The van der Waals surface area contributed by atoms with E-state index in [4.69, 9.17) is 23.2 Å². The molecule has 0 unspecified atom stereocenters. The summed E-state index contributed by atoms with van der Waals surface area (Å²) in [5.41, 5.74) is 1.10. The lowest BCUT2D eigenvalue weighted by atomic mass is 10.1. The molecule has 0 saturated heterocycles. The number of hydrogen-bond donors (Lipinski definition) is 1. The molecule has 0 aromatic heterocycles. The predicted molar refractivity (Wildman–Crippen MR) is 106 cm³/mol. The van der Waals surface area contributed by atoms with E-state index in [-0.39, 0.29) is 6.54 Å². The van der Waals surface area contributed by atoms with Crippen LogP contribution in [0.5, 0.6) is 0 Å². The number of anilines is 1. The number of amides is 1. The lowest BCUT2D eigenvalue weighted by molar-refractivity contribution is -0.122. The second kappa shape index (κ2) is 8.75. The molecule has 2 rings (SSSR count). The van der Waals surface area contributed by atoms with Crippen molar-refractivity contribution in [1.82, 2.24) is 5.32 Å². The molecule has 8 heteroatoms. The average molecular weight is 415 g/mol. The van der Waals surface area contributed by atoms with Crippen molar-refractivity contribution in [3.8, 4) is 0 Å². The molecule has 0 aliphatic rings. The van der Waals surface area contributed by atoms with Crippen LogP contribution >= 0.6 is 23.2 Å². The first-order valence-corrected chi connectivity index (χ1v) is 10.6. The molecule has 1 amide bonds. The number of hydrogen-bond acceptors (Lipinski definition) is 3. The van der Waals surface area contributed by atoms with Crippen LogP contribution in [0.2, 0.25) is 10.0 Å². The highest BCUT2D eigenvalue weighted by molar-refractivity contribution is 7.92. The summed E-state index contributed by atoms with van der Waals surface area (Å²) in [6.07, 6.45) is 1.37. The summed E-state index contributed by atoms with van der Waals surface area (Å²) in [5, 5.41) is 3.69. The first kappa shape index (κ1) is 20.6. The van der Waals surface area contributed by atoms with E-state index in [0.717, 1.165) is 16.1 Å². The number of carbonyl (C=O) groups is 1. The normalized spacial score (nSPS) is 12.5. The minimum absolute atomic E-state index is 0.210. The van der Waals surface area contributed by atoms with E-state index in [2.05, 4.69) is 5.32 Å². The smallest absolute Gasteiger partial charge is 0.244 e. The predicted octanol–water partition coefficient (Wildman–Crippen LogP) is 3.85. The second-order valence-corrected chi connectivity index (χ2v) is 8.48. The van der Waals surface area contributed by atoms with Crippen molar-refractivity contribution in [3.63, 3.8) is 0 Å². The van der Waals surface area contributed by atoms with Gasteiger partial charge in [-0.25, -0.2) is 8.42 Å². The van der Waals surface area contributed by atoms with Crippen molar-refractivity contribution in [2.75, 3.05) is 10.6 Å². The Balaban J connectivity index is 2.27. The Kier molecular flexibility index (Phi) is 6.92. The molecular formula is C18H20Cl2N2O3S. The standard InChI is InChI=1S/C18H20Cl2N2O3S/c1-3-17(18(23)21-12-13-7-4-5-10-16(13)20)22(26(2,24)25)15-9-6-8-14(19)11-15/h4-11,17H,3,12H2,1-2H3,(H,21,23)/t17-/m1/s1. The zero-order valence-corrected chi connectivity index (χ0v) is 16.8. The number of benzene rings is 2. The number of nitrogens with zero attached hydrogens (tertiary/aromatic N) is 1. The molecule has 26 heavy (non-hydrogen) atoms. The average Bonchev–Trinajstić information content (AvgIpc) is 2.57. The quantitative estimate of drug-likeness (QED) is 0.747. The van der Waals surface area contributed by atoms with E-state index in [1.165, 1.54) is 6.07 Å². The highest BCUT2D eigenvalue weighted by Gasteiger charge is 2.31. The van der Waals surface area contributed by atoms with Gasteiger partial charge < -0.3 is 5.32 Å². The van der Waals surface area contributed by atoms with Crippen LogP contribution in [0.4, 0.5) is 5.69 Å². The van der Waals surface area contributed by atoms with Gasteiger partial charge in [0.1, 0.15) is 6.04 Å². The van der Waals surface area contributed by atoms with Gasteiger partial charge in [0.05, 0.1) is 11.9 Å². The Morgan fingerprint density at radius 2 is 1.85 bits per heavy atom. The molecule has 0 fully saturated rings. The minimum Gasteiger partial charge on any atom is -0.350 e. The van der Waals surface area contributed by atoms with E-state index >= 15 is 0 Å². The molecule has 0 aliphatic carbocycles. The fourth-order valence-corrected chi connectivity index (χ4v) is 4.21. The monoisotopic (exact) mass is 414 g/mol. The highest BCUT2D eigenvalue weighted by Crippen LogP contribution is 2.25. The van der Waals surface area contributed by atoms with Crippen LogP contribution in [0.1, 0.15) is 18.9 Å². The van der Waals surface area contributed by atoms with Crippen LogP contribution in [-0.4, -0.2) is 26.6 Å². The number of carbonyl (C=O) groups excluding carboxylic acids is 1. The third-order valence-electron chi connectivity index (χ3n) is 3.80. The van der Waals surface area contributed by atoms with Gasteiger partial charge in [-0.1, -0.05) is 54.4 Å². The van der Waals surface area contributed by atoms with Gasteiger partial charge in [-0.3, -0.25) is 9.10 Å². The number of halogens is 2. The summed E-state index contributed by atoms with van der Waals surface area (Å²) >= 11 is 12.1. The van der Waals surface area contributed by atoms with Crippen LogP contribution in [0.25, 0.3) is 0 Å². The van der Waals surface area contributed by atoms with Crippen LogP contribution in [0.15, 0.2) is 48.5 Å². The largest absolute Gasteiger partial charge is 0.350 e. The van der Waals surface area contributed by atoms with Crippen molar-refractivity contribution in [1.29, 1.82) is 0 Å². The molecular weight excluding hydrogens is 395 g/mol. The third-order valence-corrected chi connectivity index (χ3v) is 5.59. The summed E-state index contributed by atoms with van der Waals surface area (Å²) in [4.78, 5) is 12.7.